The summed E-state index contributed by atoms with van der Waals surface area (Å²) in [5.74, 6) is 0.644. The second-order valence-corrected chi connectivity index (χ2v) is 6.31. The van der Waals surface area contributed by atoms with E-state index in [4.69, 9.17) is 4.74 Å². The van der Waals surface area contributed by atoms with Crippen molar-refractivity contribution >= 4 is 17.5 Å². The fraction of sp³-hybridized carbons (Fsp3) is 0.333. The minimum atomic E-state index is -0.473. The molecule has 2 aromatic rings. The van der Waals surface area contributed by atoms with E-state index in [0.29, 0.717) is 25.9 Å². The summed E-state index contributed by atoms with van der Waals surface area (Å²) in [7, 11) is 1.60. The van der Waals surface area contributed by atoms with Gasteiger partial charge in [-0.05, 0) is 42.7 Å². The van der Waals surface area contributed by atoms with Gasteiger partial charge in [0.15, 0.2) is 0 Å². The molecule has 0 fully saturated rings. The highest BCUT2D eigenvalue weighted by Gasteiger charge is 2.37. The Bertz CT molecular complexity index is 803. The van der Waals surface area contributed by atoms with Gasteiger partial charge in [0, 0.05) is 25.6 Å². The van der Waals surface area contributed by atoms with Crippen molar-refractivity contribution in [2.24, 2.45) is 0 Å². The first-order chi connectivity index (χ1) is 12.6. The number of nitrogens with one attached hydrogen (secondary N) is 1. The van der Waals surface area contributed by atoms with Crippen LogP contribution < -0.4 is 15.0 Å². The average Bonchev–Trinajstić information content (AvgIpc) is 3.06. The Kier molecular flexibility index (Phi) is 5.56. The lowest BCUT2D eigenvalue weighted by Crippen LogP contribution is -2.47. The fourth-order valence-corrected chi connectivity index (χ4v) is 3.40. The minimum Gasteiger partial charge on any atom is -0.494 e. The summed E-state index contributed by atoms with van der Waals surface area (Å²) in [4.78, 5) is 26.9. The van der Waals surface area contributed by atoms with Crippen LogP contribution in [0.5, 0.6) is 5.75 Å². The zero-order valence-corrected chi connectivity index (χ0v) is 15.2. The second-order valence-electron chi connectivity index (χ2n) is 6.31. The molecule has 1 unspecified atom stereocenters. The standard InChI is InChI=1S/C21H24N2O3/c1-3-26-17-9-6-7-15(13-17)11-12-20(24)23-18-10-5-4-8-16(18)14-19(23)21(25)22-2/h4-10,13,19H,3,11-12,14H2,1-2H3,(H,22,25). The van der Waals surface area contributed by atoms with Gasteiger partial charge in [-0.2, -0.15) is 0 Å². The fourth-order valence-electron chi connectivity index (χ4n) is 3.40. The summed E-state index contributed by atoms with van der Waals surface area (Å²) in [6, 6.07) is 15.0. The van der Waals surface area contributed by atoms with E-state index in [1.165, 1.54) is 0 Å². The number of likely N-dealkylation sites (N-methyl/N-ethyl adjacent to an activating group) is 1. The monoisotopic (exact) mass is 352 g/mol. The van der Waals surface area contributed by atoms with Crippen molar-refractivity contribution in [1.82, 2.24) is 5.32 Å². The summed E-state index contributed by atoms with van der Waals surface area (Å²) in [5.41, 5.74) is 2.93. The van der Waals surface area contributed by atoms with E-state index in [1.54, 1.807) is 11.9 Å². The number of para-hydroxylation sites is 1. The number of benzene rings is 2. The van der Waals surface area contributed by atoms with Crippen LogP contribution in [0.25, 0.3) is 0 Å². The third kappa shape index (κ3) is 3.72. The minimum absolute atomic E-state index is 0.0367. The van der Waals surface area contributed by atoms with Crippen LogP contribution in [0.15, 0.2) is 48.5 Å². The summed E-state index contributed by atoms with van der Waals surface area (Å²) < 4.78 is 5.51. The molecule has 1 heterocycles. The Morgan fingerprint density at radius 3 is 2.77 bits per heavy atom. The second kappa shape index (κ2) is 8.04. The van der Waals surface area contributed by atoms with Crippen LogP contribution in [0.3, 0.4) is 0 Å². The highest BCUT2D eigenvalue weighted by molar-refractivity contribution is 6.03. The SMILES string of the molecule is CCOc1cccc(CCC(=O)N2c3ccccc3CC2C(=O)NC)c1. The molecule has 1 aliphatic heterocycles. The third-order valence-corrected chi connectivity index (χ3v) is 4.63. The van der Waals surface area contributed by atoms with E-state index in [-0.39, 0.29) is 11.8 Å². The first-order valence-electron chi connectivity index (χ1n) is 8.97. The highest BCUT2D eigenvalue weighted by Crippen LogP contribution is 2.33. The smallest absolute Gasteiger partial charge is 0.243 e. The zero-order valence-electron chi connectivity index (χ0n) is 15.2. The third-order valence-electron chi connectivity index (χ3n) is 4.63. The predicted octanol–water partition coefficient (Wildman–Crippen LogP) is 2.72. The molecule has 3 rings (SSSR count). The van der Waals surface area contributed by atoms with E-state index in [9.17, 15) is 9.59 Å². The van der Waals surface area contributed by atoms with Gasteiger partial charge in [-0.3, -0.25) is 14.5 Å². The summed E-state index contributed by atoms with van der Waals surface area (Å²) >= 11 is 0. The molecular formula is C21H24N2O3. The number of carbonyl (C=O) groups is 2. The van der Waals surface area contributed by atoms with Crippen molar-refractivity contribution in [3.63, 3.8) is 0 Å². The molecule has 5 nitrogen and oxygen atoms in total. The number of amides is 2. The lowest BCUT2D eigenvalue weighted by atomic mass is 10.1. The molecule has 1 N–H and O–H groups in total. The van der Waals surface area contributed by atoms with E-state index in [1.807, 2.05) is 55.5 Å². The van der Waals surface area contributed by atoms with Crippen LogP contribution in [0.1, 0.15) is 24.5 Å². The van der Waals surface area contributed by atoms with Gasteiger partial charge in [0.1, 0.15) is 11.8 Å². The van der Waals surface area contributed by atoms with Gasteiger partial charge in [0.05, 0.1) is 6.61 Å². The topological polar surface area (TPSA) is 58.6 Å². The van der Waals surface area contributed by atoms with Crippen molar-refractivity contribution in [3.8, 4) is 5.75 Å². The molecule has 1 atom stereocenters. The number of hydrogen-bond donors (Lipinski definition) is 1. The Morgan fingerprint density at radius 2 is 2.00 bits per heavy atom. The molecule has 5 heteroatoms. The maximum Gasteiger partial charge on any atom is 0.243 e. The van der Waals surface area contributed by atoms with Crippen LogP contribution in [-0.2, 0) is 22.4 Å². The van der Waals surface area contributed by atoms with Gasteiger partial charge in [0.25, 0.3) is 0 Å². The molecule has 1 aliphatic rings. The number of rotatable bonds is 6. The number of hydrogen-bond acceptors (Lipinski definition) is 3. The molecule has 26 heavy (non-hydrogen) atoms. The predicted molar refractivity (Wildman–Crippen MR) is 101 cm³/mol. The van der Waals surface area contributed by atoms with Crippen LogP contribution >= 0.6 is 0 Å². The molecule has 0 aliphatic carbocycles. The molecule has 0 bridgehead atoms. The lowest BCUT2D eigenvalue weighted by Gasteiger charge is -2.24. The first-order valence-corrected chi connectivity index (χ1v) is 8.97. The quantitative estimate of drug-likeness (QED) is 0.870. The number of anilines is 1. The Hall–Kier alpha value is -2.82. The molecule has 2 amide bonds. The number of carbonyl (C=O) groups excluding carboxylic acids is 2. The van der Waals surface area contributed by atoms with Crippen molar-refractivity contribution in [2.75, 3.05) is 18.6 Å². The average molecular weight is 352 g/mol. The maximum absolute atomic E-state index is 12.9. The van der Waals surface area contributed by atoms with Gasteiger partial charge in [0.2, 0.25) is 11.8 Å². The lowest BCUT2D eigenvalue weighted by molar-refractivity contribution is -0.125. The van der Waals surface area contributed by atoms with Crippen molar-refractivity contribution in [3.05, 3.63) is 59.7 Å². The zero-order chi connectivity index (χ0) is 18.5. The van der Waals surface area contributed by atoms with E-state index >= 15 is 0 Å². The summed E-state index contributed by atoms with van der Waals surface area (Å²) in [6.45, 7) is 2.56. The summed E-state index contributed by atoms with van der Waals surface area (Å²) in [6.07, 6.45) is 1.51. The molecule has 136 valence electrons. The van der Waals surface area contributed by atoms with Crippen LogP contribution in [0.4, 0.5) is 5.69 Å². The van der Waals surface area contributed by atoms with Gasteiger partial charge >= 0.3 is 0 Å². The van der Waals surface area contributed by atoms with Crippen LogP contribution in [0.2, 0.25) is 0 Å². The molecule has 2 aromatic carbocycles. The van der Waals surface area contributed by atoms with Crippen LogP contribution in [0, 0.1) is 0 Å². The molecule has 0 radical (unpaired) electrons. The molecule has 0 saturated heterocycles. The van der Waals surface area contributed by atoms with Gasteiger partial charge in [-0.25, -0.2) is 0 Å². The van der Waals surface area contributed by atoms with E-state index < -0.39 is 6.04 Å². The number of aryl methyl sites for hydroxylation is 1. The van der Waals surface area contributed by atoms with E-state index in [0.717, 1.165) is 22.6 Å². The largest absolute Gasteiger partial charge is 0.494 e. The van der Waals surface area contributed by atoms with Crippen molar-refractivity contribution < 1.29 is 14.3 Å². The highest BCUT2D eigenvalue weighted by atomic mass is 16.5. The van der Waals surface area contributed by atoms with Gasteiger partial charge in [-0.1, -0.05) is 30.3 Å². The molecule has 0 spiro atoms. The van der Waals surface area contributed by atoms with Crippen molar-refractivity contribution in [1.29, 1.82) is 0 Å². The number of fused-ring (bicyclic) bond motifs is 1. The Labute approximate surface area is 154 Å². The van der Waals surface area contributed by atoms with Gasteiger partial charge < -0.3 is 10.1 Å². The normalized spacial score (nSPS) is 15.5. The number of nitrogens with zero attached hydrogens (tertiary/aromatic N) is 1. The van der Waals surface area contributed by atoms with Crippen LogP contribution in [-0.4, -0.2) is 31.5 Å². The first kappa shape index (κ1) is 18.0. The number of ether oxygens (including phenoxy) is 1. The molecular weight excluding hydrogens is 328 g/mol. The summed E-state index contributed by atoms with van der Waals surface area (Å²) in [5, 5.41) is 2.67. The molecule has 0 aromatic heterocycles. The molecule has 0 saturated carbocycles. The Morgan fingerprint density at radius 1 is 1.19 bits per heavy atom. The van der Waals surface area contributed by atoms with Crippen molar-refractivity contribution in [2.45, 2.75) is 32.2 Å². The maximum atomic E-state index is 12.9. The van der Waals surface area contributed by atoms with E-state index in [2.05, 4.69) is 5.32 Å². The van der Waals surface area contributed by atoms with Gasteiger partial charge in [-0.15, -0.1) is 0 Å². The Balaban J connectivity index is 1.75.